The molecule has 0 aliphatic carbocycles. The highest BCUT2D eigenvalue weighted by molar-refractivity contribution is 5.90. The highest BCUT2D eigenvalue weighted by Gasteiger charge is 2.28. The number of esters is 1. The zero-order valence-corrected chi connectivity index (χ0v) is 13.9. The standard InChI is InChI=1S/C17H22N2O5/c1-12(20)18-14-5-3-4-6-15(14)24-11-16(21)19-9-7-13(8-10-19)17(22)23-2/h3-6,13H,7-11H2,1-2H3,(H,18,20). The molecule has 2 rings (SSSR count). The lowest BCUT2D eigenvalue weighted by atomic mass is 9.97. The lowest BCUT2D eigenvalue weighted by Gasteiger charge is -2.30. The topological polar surface area (TPSA) is 84.9 Å². The summed E-state index contributed by atoms with van der Waals surface area (Å²) in [5, 5.41) is 2.66. The predicted molar refractivity (Wildman–Crippen MR) is 87.6 cm³/mol. The molecule has 24 heavy (non-hydrogen) atoms. The first kappa shape index (κ1) is 17.8. The van der Waals surface area contributed by atoms with Crippen LogP contribution in [0.3, 0.4) is 0 Å². The van der Waals surface area contributed by atoms with E-state index < -0.39 is 0 Å². The quantitative estimate of drug-likeness (QED) is 0.824. The van der Waals surface area contributed by atoms with E-state index in [1.54, 1.807) is 29.2 Å². The molecule has 1 heterocycles. The van der Waals surface area contributed by atoms with Gasteiger partial charge in [-0.2, -0.15) is 0 Å². The number of nitrogens with one attached hydrogen (secondary N) is 1. The monoisotopic (exact) mass is 334 g/mol. The van der Waals surface area contributed by atoms with Crippen LogP contribution in [0.25, 0.3) is 0 Å². The number of carbonyl (C=O) groups excluding carboxylic acids is 3. The van der Waals surface area contributed by atoms with Crippen molar-refractivity contribution in [3.05, 3.63) is 24.3 Å². The van der Waals surface area contributed by atoms with Crippen molar-refractivity contribution < 1.29 is 23.9 Å². The summed E-state index contributed by atoms with van der Waals surface area (Å²) in [5.74, 6) is -0.258. The summed E-state index contributed by atoms with van der Waals surface area (Å²) in [6.07, 6.45) is 1.20. The van der Waals surface area contributed by atoms with Crippen molar-refractivity contribution in [2.45, 2.75) is 19.8 Å². The van der Waals surface area contributed by atoms with E-state index >= 15 is 0 Å². The van der Waals surface area contributed by atoms with Crippen LogP contribution in [0.5, 0.6) is 5.75 Å². The number of anilines is 1. The molecule has 0 radical (unpaired) electrons. The van der Waals surface area contributed by atoms with Gasteiger partial charge >= 0.3 is 5.97 Å². The zero-order valence-electron chi connectivity index (χ0n) is 13.9. The fourth-order valence-corrected chi connectivity index (χ4v) is 2.65. The van der Waals surface area contributed by atoms with Crippen molar-refractivity contribution in [3.8, 4) is 5.75 Å². The number of likely N-dealkylation sites (tertiary alicyclic amines) is 1. The van der Waals surface area contributed by atoms with E-state index in [1.165, 1.54) is 14.0 Å². The first-order valence-corrected chi connectivity index (χ1v) is 7.86. The second-order valence-electron chi connectivity index (χ2n) is 5.64. The number of para-hydroxylation sites is 2. The highest BCUT2D eigenvalue weighted by atomic mass is 16.5. The van der Waals surface area contributed by atoms with Gasteiger partial charge in [-0.3, -0.25) is 14.4 Å². The van der Waals surface area contributed by atoms with Crippen molar-refractivity contribution >= 4 is 23.5 Å². The van der Waals surface area contributed by atoms with Gasteiger partial charge in [-0.05, 0) is 25.0 Å². The average molecular weight is 334 g/mol. The molecule has 1 aliphatic heterocycles. The summed E-state index contributed by atoms with van der Waals surface area (Å²) < 4.78 is 10.3. The van der Waals surface area contributed by atoms with Gasteiger partial charge in [0.05, 0.1) is 18.7 Å². The maximum atomic E-state index is 12.2. The van der Waals surface area contributed by atoms with E-state index in [2.05, 4.69) is 5.32 Å². The molecule has 1 fully saturated rings. The Labute approximate surface area is 140 Å². The second kappa shape index (κ2) is 8.33. The Morgan fingerprint density at radius 1 is 1.21 bits per heavy atom. The van der Waals surface area contributed by atoms with Crippen LogP contribution in [0.15, 0.2) is 24.3 Å². The number of amides is 2. The Morgan fingerprint density at radius 3 is 2.50 bits per heavy atom. The van der Waals surface area contributed by atoms with Gasteiger partial charge < -0.3 is 19.7 Å². The number of piperidine rings is 1. The van der Waals surface area contributed by atoms with Gasteiger partial charge in [-0.15, -0.1) is 0 Å². The molecule has 7 heteroatoms. The number of carbonyl (C=O) groups is 3. The number of rotatable bonds is 5. The third-order valence-electron chi connectivity index (χ3n) is 3.93. The number of benzene rings is 1. The molecule has 0 saturated carbocycles. The first-order valence-electron chi connectivity index (χ1n) is 7.86. The lowest BCUT2D eigenvalue weighted by molar-refractivity contribution is -0.149. The van der Waals surface area contributed by atoms with Crippen LogP contribution >= 0.6 is 0 Å². The van der Waals surface area contributed by atoms with Crippen molar-refractivity contribution in [3.63, 3.8) is 0 Å². The summed E-state index contributed by atoms with van der Waals surface area (Å²) >= 11 is 0. The molecular weight excluding hydrogens is 312 g/mol. The minimum Gasteiger partial charge on any atom is -0.482 e. The Hall–Kier alpha value is -2.57. The van der Waals surface area contributed by atoms with Gasteiger partial charge in [-0.25, -0.2) is 0 Å². The Balaban J connectivity index is 1.86. The maximum absolute atomic E-state index is 12.2. The predicted octanol–water partition coefficient (Wildman–Crippen LogP) is 1.44. The van der Waals surface area contributed by atoms with Crippen LogP contribution in [0.2, 0.25) is 0 Å². The van der Waals surface area contributed by atoms with Crippen LogP contribution in [0.4, 0.5) is 5.69 Å². The van der Waals surface area contributed by atoms with E-state index in [0.717, 1.165) is 0 Å². The molecule has 0 aromatic heterocycles. The third-order valence-corrected chi connectivity index (χ3v) is 3.93. The Morgan fingerprint density at radius 2 is 1.88 bits per heavy atom. The van der Waals surface area contributed by atoms with Crippen molar-refractivity contribution in [1.29, 1.82) is 0 Å². The van der Waals surface area contributed by atoms with E-state index in [1.807, 2.05) is 0 Å². The lowest BCUT2D eigenvalue weighted by Crippen LogP contribution is -2.42. The Bertz CT molecular complexity index is 609. The van der Waals surface area contributed by atoms with Gasteiger partial charge in [-0.1, -0.05) is 12.1 Å². The minimum absolute atomic E-state index is 0.112. The van der Waals surface area contributed by atoms with Crippen molar-refractivity contribution in [2.75, 3.05) is 32.1 Å². The van der Waals surface area contributed by atoms with Gasteiger partial charge in [0.15, 0.2) is 6.61 Å². The molecule has 1 saturated heterocycles. The number of hydrogen-bond donors (Lipinski definition) is 1. The number of nitrogens with zero attached hydrogens (tertiary/aromatic N) is 1. The number of hydrogen-bond acceptors (Lipinski definition) is 5. The highest BCUT2D eigenvalue weighted by Crippen LogP contribution is 2.24. The SMILES string of the molecule is COC(=O)C1CCN(C(=O)COc2ccccc2NC(C)=O)CC1. The van der Waals surface area contributed by atoms with Gasteiger partial charge in [0, 0.05) is 20.0 Å². The summed E-state index contributed by atoms with van der Waals surface area (Å²) in [7, 11) is 1.38. The summed E-state index contributed by atoms with van der Waals surface area (Å²) in [6, 6.07) is 6.95. The van der Waals surface area contributed by atoms with Gasteiger partial charge in [0.2, 0.25) is 5.91 Å². The average Bonchev–Trinajstić information content (AvgIpc) is 2.59. The summed E-state index contributed by atoms with van der Waals surface area (Å²) in [6.45, 7) is 2.32. The molecule has 0 unspecified atom stereocenters. The summed E-state index contributed by atoms with van der Waals surface area (Å²) in [4.78, 5) is 36.6. The summed E-state index contributed by atoms with van der Waals surface area (Å²) in [5.41, 5.74) is 0.530. The van der Waals surface area contributed by atoms with Gasteiger partial charge in [0.25, 0.3) is 5.91 Å². The normalized spacial score (nSPS) is 14.8. The maximum Gasteiger partial charge on any atom is 0.308 e. The first-order chi connectivity index (χ1) is 11.5. The van der Waals surface area contributed by atoms with Gasteiger partial charge in [0.1, 0.15) is 5.75 Å². The molecule has 1 aliphatic rings. The van der Waals surface area contributed by atoms with E-state index in [9.17, 15) is 14.4 Å². The number of methoxy groups -OCH3 is 1. The molecule has 0 spiro atoms. The molecule has 1 aromatic carbocycles. The number of ether oxygens (including phenoxy) is 2. The van der Waals surface area contributed by atoms with E-state index in [4.69, 9.17) is 9.47 Å². The molecule has 1 aromatic rings. The molecule has 7 nitrogen and oxygen atoms in total. The minimum atomic E-state index is -0.220. The van der Waals surface area contributed by atoms with Crippen molar-refractivity contribution in [1.82, 2.24) is 4.90 Å². The van der Waals surface area contributed by atoms with Crippen LogP contribution in [0.1, 0.15) is 19.8 Å². The molecule has 1 N–H and O–H groups in total. The molecule has 130 valence electrons. The van der Waals surface area contributed by atoms with Crippen LogP contribution in [-0.2, 0) is 19.1 Å². The van der Waals surface area contributed by atoms with E-state index in [0.29, 0.717) is 37.4 Å². The van der Waals surface area contributed by atoms with Crippen molar-refractivity contribution in [2.24, 2.45) is 5.92 Å². The van der Waals surface area contributed by atoms with Crippen LogP contribution in [-0.4, -0.2) is 49.5 Å². The molecular formula is C17H22N2O5. The molecule has 0 bridgehead atoms. The smallest absolute Gasteiger partial charge is 0.308 e. The fraction of sp³-hybridized carbons (Fsp3) is 0.471. The fourth-order valence-electron chi connectivity index (χ4n) is 2.65. The molecule has 0 atom stereocenters. The Kier molecular flexibility index (Phi) is 6.17. The zero-order chi connectivity index (χ0) is 17.5. The van der Waals surface area contributed by atoms with Crippen LogP contribution < -0.4 is 10.1 Å². The third kappa shape index (κ3) is 4.71. The largest absolute Gasteiger partial charge is 0.482 e. The second-order valence-corrected chi connectivity index (χ2v) is 5.64. The van der Waals surface area contributed by atoms with E-state index in [-0.39, 0.29) is 30.3 Å². The van der Waals surface area contributed by atoms with Crippen LogP contribution in [0, 0.1) is 5.92 Å². The molecule has 2 amide bonds.